The Morgan fingerprint density at radius 3 is 2.35 bits per heavy atom. The zero-order chi connectivity index (χ0) is 16.8. The molecule has 1 saturated heterocycles. The number of nitrogens with one attached hydrogen (secondary N) is 1. The normalized spacial score (nSPS) is 17.0. The molecule has 7 heteroatoms. The van der Waals surface area contributed by atoms with E-state index in [1.807, 2.05) is 24.0 Å². The third kappa shape index (κ3) is 3.10. The summed E-state index contributed by atoms with van der Waals surface area (Å²) in [5.41, 5.74) is 2.13. The van der Waals surface area contributed by atoms with Gasteiger partial charge in [0.25, 0.3) is 0 Å². The Morgan fingerprint density at radius 2 is 1.74 bits per heavy atom. The minimum absolute atomic E-state index is 0.388. The van der Waals surface area contributed by atoms with E-state index in [4.69, 9.17) is 0 Å². The number of halogens is 3. The molecule has 2 heterocycles. The SMILES string of the molecule is Cc1cc(C)c2nc(C(F)(F)F)nc(N3CC[NH+](C)CC3)c2c1. The summed E-state index contributed by atoms with van der Waals surface area (Å²) >= 11 is 0. The van der Waals surface area contributed by atoms with E-state index in [0.717, 1.165) is 24.2 Å². The number of alkyl halides is 3. The van der Waals surface area contributed by atoms with Crippen molar-refractivity contribution in [1.29, 1.82) is 0 Å². The number of rotatable bonds is 1. The van der Waals surface area contributed by atoms with Crippen LogP contribution in [0.1, 0.15) is 17.0 Å². The highest BCUT2D eigenvalue weighted by molar-refractivity contribution is 5.92. The van der Waals surface area contributed by atoms with Gasteiger partial charge in [-0.2, -0.15) is 13.2 Å². The third-order valence-electron chi connectivity index (χ3n) is 4.29. The summed E-state index contributed by atoms with van der Waals surface area (Å²) < 4.78 is 39.6. The molecule has 0 amide bonds. The summed E-state index contributed by atoms with van der Waals surface area (Å²) in [6.45, 7) is 6.89. The molecule has 1 aliphatic rings. The van der Waals surface area contributed by atoms with Crippen LogP contribution in [0.2, 0.25) is 0 Å². The lowest BCUT2D eigenvalue weighted by molar-refractivity contribution is -0.880. The Labute approximate surface area is 132 Å². The Hall–Kier alpha value is -1.89. The lowest BCUT2D eigenvalue weighted by Crippen LogP contribution is -3.12. The standard InChI is InChI=1S/C16H19F3N4/c1-10-8-11(2)13-12(9-10)14(21-15(20-13)16(17,18)19)23-6-4-22(3)5-7-23/h8-9H,4-7H2,1-3H3/p+1. The molecule has 1 aliphatic heterocycles. The zero-order valence-electron chi connectivity index (χ0n) is 13.5. The van der Waals surface area contributed by atoms with E-state index >= 15 is 0 Å². The van der Waals surface area contributed by atoms with Gasteiger partial charge in [0.05, 0.1) is 38.7 Å². The van der Waals surface area contributed by atoms with E-state index in [1.165, 1.54) is 4.90 Å². The number of quaternary nitrogens is 1. The Kier molecular flexibility index (Phi) is 3.91. The van der Waals surface area contributed by atoms with Crippen molar-refractivity contribution in [3.05, 3.63) is 29.1 Å². The van der Waals surface area contributed by atoms with Crippen molar-refractivity contribution in [2.45, 2.75) is 20.0 Å². The van der Waals surface area contributed by atoms with E-state index in [-0.39, 0.29) is 0 Å². The smallest absolute Gasteiger partial charge is 0.345 e. The van der Waals surface area contributed by atoms with Crippen LogP contribution >= 0.6 is 0 Å². The van der Waals surface area contributed by atoms with E-state index < -0.39 is 12.0 Å². The number of anilines is 1. The van der Waals surface area contributed by atoms with Crippen molar-refractivity contribution in [2.75, 3.05) is 38.1 Å². The maximum absolute atomic E-state index is 13.2. The maximum Gasteiger partial charge on any atom is 0.451 e. The molecule has 1 fully saturated rings. The molecule has 0 saturated carbocycles. The summed E-state index contributed by atoms with van der Waals surface area (Å²) in [6.07, 6.45) is -4.54. The lowest BCUT2D eigenvalue weighted by Gasteiger charge is -2.32. The van der Waals surface area contributed by atoms with Gasteiger partial charge in [0.2, 0.25) is 5.82 Å². The first kappa shape index (κ1) is 16.0. The highest BCUT2D eigenvalue weighted by Gasteiger charge is 2.36. The molecule has 0 unspecified atom stereocenters. The summed E-state index contributed by atoms with van der Waals surface area (Å²) in [5, 5.41) is 0.704. The second-order valence-electron chi connectivity index (χ2n) is 6.29. The van der Waals surface area contributed by atoms with Crippen LogP contribution in [0.15, 0.2) is 12.1 Å². The largest absolute Gasteiger partial charge is 0.451 e. The van der Waals surface area contributed by atoms with Crippen molar-refractivity contribution in [2.24, 2.45) is 0 Å². The molecule has 0 atom stereocenters. The lowest BCUT2D eigenvalue weighted by atomic mass is 10.1. The fourth-order valence-electron chi connectivity index (χ4n) is 3.04. The monoisotopic (exact) mass is 325 g/mol. The number of hydrogen-bond donors (Lipinski definition) is 1. The van der Waals surface area contributed by atoms with E-state index in [0.29, 0.717) is 29.8 Å². The molecule has 1 N–H and O–H groups in total. The van der Waals surface area contributed by atoms with Gasteiger partial charge in [0, 0.05) is 5.39 Å². The van der Waals surface area contributed by atoms with E-state index in [1.54, 1.807) is 6.92 Å². The number of benzene rings is 1. The van der Waals surface area contributed by atoms with Gasteiger partial charge in [-0.05, 0) is 31.0 Å². The van der Waals surface area contributed by atoms with Crippen LogP contribution in [-0.2, 0) is 6.18 Å². The second kappa shape index (κ2) is 5.63. The third-order valence-corrected chi connectivity index (χ3v) is 4.29. The van der Waals surface area contributed by atoms with Gasteiger partial charge in [0.15, 0.2) is 0 Å². The second-order valence-corrected chi connectivity index (χ2v) is 6.29. The molecule has 4 nitrogen and oxygen atoms in total. The molecule has 0 radical (unpaired) electrons. The first-order valence-corrected chi connectivity index (χ1v) is 7.68. The van der Waals surface area contributed by atoms with Gasteiger partial charge in [-0.15, -0.1) is 0 Å². The Morgan fingerprint density at radius 1 is 1.09 bits per heavy atom. The number of piperazine rings is 1. The highest BCUT2D eigenvalue weighted by atomic mass is 19.4. The quantitative estimate of drug-likeness (QED) is 0.865. The molecule has 0 bridgehead atoms. The zero-order valence-corrected chi connectivity index (χ0v) is 13.5. The van der Waals surface area contributed by atoms with Crippen LogP contribution in [0.5, 0.6) is 0 Å². The average Bonchev–Trinajstić information content (AvgIpc) is 2.46. The first-order valence-electron chi connectivity index (χ1n) is 7.68. The predicted octanol–water partition coefficient (Wildman–Crippen LogP) is 1.60. The van der Waals surface area contributed by atoms with Gasteiger partial charge in [-0.3, -0.25) is 0 Å². The fourth-order valence-corrected chi connectivity index (χ4v) is 3.04. The first-order chi connectivity index (χ1) is 10.8. The van der Waals surface area contributed by atoms with Gasteiger partial charge in [0.1, 0.15) is 5.82 Å². The Bertz CT molecular complexity index is 734. The van der Waals surface area contributed by atoms with Crippen molar-refractivity contribution in [1.82, 2.24) is 9.97 Å². The number of aromatic nitrogens is 2. The molecular weight excluding hydrogens is 305 g/mol. The van der Waals surface area contributed by atoms with E-state index in [2.05, 4.69) is 17.0 Å². The summed E-state index contributed by atoms with van der Waals surface area (Å²) in [4.78, 5) is 11.0. The molecule has 2 aromatic rings. The van der Waals surface area contributed by atoms with Gasteiger partial charge >= 0.3 is 6.18 Å². The summed E-state index contributed by atoms with van der Waals surface area (Å²) in [5.74, 6) is -0.653. The molecule has 3 rings (SSSR count). The van der Waals surface area contributed by atoms with Crippen LogP contribution in [-0.4, -0.2) is 43.2 Å². The average molecular weight is 325 g/mol. The molecule has 124 valence electrons. The number of hydrogen-bond acceptors (Lipinski definition) is 3. The predicted molar refractivity (Wildman–Crippen MR) is 82.8 cm³/mol. The molecular formula is C16H20F3N4+. The van der Waals surface area contributed by atoms with Crippen LogP contribution in [0.3, 0.4) is 0 Å². The van der Waals surface area contributed by atoms with Crippen molar-refractivity contribution >= 4 is 16.7 Å². The van der Waals surface area contributed by atoms with Crippen molar-refractivity contribution < 1.29 is 18.1 Å². The number of nitrogens with zero attached hydrogens (tertiary/aromatic N) is 3. The molecule has 0 spiro atoms. The minimum Gasteiger partial charge on any atom is -0.345 e. The van der Waals surface area contributed by atoms with E-state index in [9.17, 15) is 13.2 Å². The van der Waals surface area contributed by atoms with Crippen molar-refractivity contribution in [3.63, 3.8) is 0 Å². The minimum atomic E-state index is -4.54. The molecule has 0 aliphatic carbocycles. The van der Waals surface area contributed by atoms with Crippen LogP contribution in [0.4, 0.5) is 19.0 Å². The van der Waals surface area contributed by atoms with Crippen molar-refractivity contribution in [3.8, 4) is 0 Å². The highest BCUT2D eigenvalue weighted by Crippen LogP contribution is 2.33. The number of likely N-dealkylation sites (N-methyl/N-ethyl adjacent to an activating group) is 1. The number of fused-ring (bicyclic) bond motifs is 1. The summed E-state index contributed by atoms with van der Waals surface area (Å²) in [7, 11) is 2.09. The van der Waals surface area contributed by atoms with Gasteiger partial charge < -0.3 is 9.80 Å². The maximum atomic E-state index is 13.2. The topological polar surface area (TPSA) is 33.5 Å². The number of aryl methyl sites for hydroxylation is 2. The van der Waals surface area contributed by atoms with Crippen LogP contribution in [0.25, 0.3) is 10.9 Å². The molecule has 1 aromatic carbocycles. The van der Waals surface area contributed by atoms with Crippen LogP contribution < -0.4 is 9.80 Å². The summed E-state index contributed by atoms with van der Waals surface area (Å²) in [6, 6.07) is 3.73. The van der Waals surface area contributed by atoms with Crippen LogP contribution in [0, 0.1) is 13.8 Å². The fraction of sp³-hybridized carbons (Fsp3) is 0.500. The molecule has 23 heavy (non-hydrogen) atoms. The Balaban J connectivity index is 2.21. The molecule has 1 aromatic heterocycles. The van der Waals surface area contributed by atoms with Gasteiger partial charge in [-0.25, -0.2) is 9.97 Å². The van der Waals surface area contributed by atoms with Gasteiger partial charge in [-0.1, -0.05) is 6.07 Å².